The predicted molar refractivity (Wildman–Crippen MR) is 87.2 cm³/mol. The summed E-state index contributed by atoms with van der Waals surface area (Å²) in [5, 5.41) is 5.13. The van der Waals surface area contributed by atoms with Gasteiger partial charge in [0.2, 0.25) is 5.89 Å². The molecule has 1 saturated heterocycles. The minimum atomic E-state index is 0.242. The average molecular weight is 316 g/mol. The van der Waals surface area contributed by atoms with Crippen molar-refractivity contribution in [3.05, 3.63) is 11.7 Å². The van der Waals surface area contributed by atoms with Crippen LogP contribution >= 0.6 is 23.5 Å². The van der Waals surface area contributed by atoms with E-state index >= 15 is 0 Å². The molecule has 1 aliphatic heterocycles. The molecule has 6 heteroatoms. The molecule has 0 saturated carbocycles. The van der Waals surface area contributed by atoms with Crippen LogP contribution in [0.15, 0.2) is 4.52 Å². The molecule has 20 heavy (non-hydrogen) atoms. The van der Waals surface area contributed by atoms with Gasteiger partial charge in [0.25, 0.3) is 0 Å². The van der Waals surface area contributed by atoms with Gasteiger partial charge in [-0.2, -0.15) is 16.7 Å². The lowest BCUT2D eigenvalue weighted by atomic mass is 9.84. The maximum Gasteiger partial charge on any atom is 0.226 e. The van der Waals surface area contributed by atoms with Gasteiger partial charge in [-0.05, 0) is 24.8 Å². The van der Waals surface area contributed by atoms with E-state index in [-0.39, 0.29) is 5.41 Å². The molecule has 0 aliphatic carbocycles. The smallest absolute Gasteiger partial charge is 0.226 e. The van der Waals surface area contributed by atoms with Gasteiger partial charge in [0.05, 0.1) is 5.25 Å². The fourth-order valence-corrected chi connectivity index (χ4v) is 5.04. The van der Waals surface area contributed by atoms with Gasteiger partial charge >= 0.3 is 0 Å². The summed E-state index contributed by atoms with van der Waals surface area (Å²) >= 11 is 3.95. The van der Waals surface area contributed by atoms with Crippen molar-refractivity contribution in [2.45, 2.75) is 50.5 Å². The summed E-state index contributed by atoms with van der Waals surface area (Å²) < 4.78 is 5.42. The Balaban J connectivity index is 1.92. The molecule has 2 unspecified atom stereocenters. The van der Waals surface area contributed by atoms with Crippen LogP contribution in [0.1, 0.15) is 50.6 Å². The maximum absolute atomic E-state index is 5.64. The first-order valence-corrected chi connectivity index (χ1v) is 9.37. The quantitative estimate of drug-likeness (QED) is 0.869. The summed E-state index contributed by atoms with van der Waals surface area (Å²) in [6, 6.07) is 0. The average Bonchev–Trinajstić information content (AvgIpc) is 2.86. The third-order valence-corrected chi connectivity index (χ3v) is 6.85. The maximum atomic E-state index is 5.64. The number of nitrogens with two attached hydrogens (primary N) is 1. The molecule has 114 valence electrons. The predicted octanol–water partition coefficient (Wildman–Crippen LogP) is 3.29. The topological polar surface area (TPSA) is 64.9 Å². The van der Waals surface area contributed by atoms with Crippen molar-refractivity contribution in [2.24, 2.45) is 11.1 Å². The van der Waals surface area contributed by atoms with Crippen LogP contribution in [0.4, 0.5) is 0 Å². The fourth-order valence-electron chi connectivity index (χ4n) is 2.36. The zero-order chi connectivity index (χ0) is 14.6. The number of nitrogens with zero attached hydrogens (tertiary/aromatic N) is 2. The molecular weight excluding hydrogens is 290 g/mol. The third-order valence-electron chi connectivity index (χ3n) is 3.76. The van der Waals surface area contributed by atoms with Crippen molar-refractivity contribution in [1.29, 1.82) is 0 Å². The van der Waals surface area contributed by atoms with Crippen molar-refractivity contribution in [3.8, 4) is 0 Å². The summed E-state index contributed by atoms with van der Waals surface area (Å²) in [7, 11) is 0. The van der Waals surface area contributed by atoms with E-state index in [1.807, 2.05) is 23.5 Å². The fraction of sp³-hybridized carbons (Fsp3) is 0.857. The lowest BCUT2D eigenvalue weighted by molar-refractivity contribution is 0.288. The van der Waals surface area contributed by atoms with E-state index in [1.165, 1.54) is 11.5 Å². The standard InChI is InChI=1S/C14H25N3OS2/c1-10-12(20-9-8-19-10)13-16-11(18-17-13)4-5-14(2,3)6-7-15/h10,12H,4-9,15H2,1-3H3. The van der Waals surface area contributed by atoms with Gasteiger partial charge in [0, 0.05) is 23.2 Å². The Labute approximate surface area is 130 Å². The molecule has 1 aliphatic rings. The summed E-state index contributed by atoms with van der Waals surface area (Å²) in [6.45, 7) is 7.47. The van der Waals surface area contributed by atoms with E-state index in [1.54, 1.807) is 0 Å². The van der Waals surface area contributed by atoms with E-state index < -0.39 is 0 Å². The highest BCUT2D eigenvalue weighted by Gasteiger charge is 2.28. The van der Waals surface area contributed by atoms with Gasteiger partial charge in [-0.3, -0.25) is 0 Å². The second-order valence-corrected chi connectivity index (χ2v) is 8.85. The minimum Gasteiger partial charge on any atom is -0.339 e. The van der Waals surface area contributed by atoms with Crippen LogP contribution in [-0.4, -0.2) is 33.4 Å². The normalized spacial score (nSPS) is 24.0. The number of aryl methyl sites for hydroxylation is 1. The first kappa shape index (κ1) is 16.2. The number of hydrogen-bond acceptors (Lipinski definition) is 6. The van der Waals surface area contributed by atoms with Gasteiger partial charge in [-0.25, -0.2) is 0 Å². The first-order chi connectivity index (χ1) is 9.52. The summed E-state index contributed by atoms with van der Waals surface area (Å²) in [4.78, 5) is 4.60. The van der Waals surface area contributed by atoms with Crippen LogP contribution in [0.5, 0.6) is 0 Å². The number of hydrogen-bond donors (Lipinski definition) is 1. The Morgan fingerprint density at radius 3 is 2.75 bits per heavy atom. The third kappa shape index (κ3) is 4.40. The highest BCUT2D eigenvalue weighted by molar-refractivity contribution is 8.06. The lowest BCUT2D eigenvalue weighted by Gasteiger charge is -2.24. The largest absolute Gasteiger partial charge is 0.339 e. The van der Waals surface area contributed by atoms with Gasteiger partial charge in [0.1, 0.15) is 0 Å². The molecule has 0 bridgehead atoms. The number of aromatic nitrogens is 2. The van der Waals surface area contributed by atoms with Crippen molar-refractivity contribution >= 4 is 23.5 Å². The van der Waals surface area contributed by atoms with E-state index in [0.717, 1.165) is 37.5 Å². The van der Waals surface area contributed by atoms with Crippen LogP contribution in [0.25, 0.3) is 0 Å². The molecule has 1 fully saturated rings. The summed E-state index contributed by atoms with van der Waals surface area (Å²) in [5.41, 5.74) is 5.89. The van der Waals surface area contributed by atoms with Crippen molar-refractivity contribution in [3.63, 3.8) is 0 Å². The van der Waals surface area contributed by atoms with Crippen LogP contribution < -0.4 is 5.73 Å². The molecule has 0 aromatic carbocycles. The SMILES string of the molecule is CC1SCCSC1c1noc(CCC(C)(C)CCN)n1. The van der Waals surface area contributed by atoms with E-state index in [2.05, 4.69) is 30.9 Å². The Kier molecular flexibility index (Phi) is 5.81. The van der Waals surface area contributed by atoms with Gasteiger partial charge in [-0.1, -0.05) is 25.9 Å². The number of thioether (sulfide) groups is 2. The van der Waals surface area contributed by atoms with Gasteiger partial charge < -0.3 is 10.3 Å². The lowest BCUT2D eigenvalue weighted by Crippen LogP contribution is -2.18. The number of rotatable bonds is 6. The Morgan fingerprint density at radius 1 is 1.30 bits per heavy atom. The van der Waals surface area contributed by atoms with Crippen molar-refractivity contribution in [2.75, 3.05) is 18.1 Å². The highest BCUT2D eigenvalue weighted by atomic mass is 32.2. The Morgan fingerprint density at radius 2 is 2.05 bits per heavy atom. The molecule has 1 aromatic heterocycles. The zero-order valence-corrected chi connectivity index (χ0v) is 14.2. The van der Waals surface area contributed by atoms with Crippen LogP contribution in [0.3, 0.4) is 0 Å². The van der Waals surface area contributed by atoms with Gasteiger partial charge in [0.15, 0.2) is 5.82 Å². The molecule has 2 atom stereocenters. The molecule has 2 rings (SSSR count). The van der Waals surface area contributed by atoms with E-state index in [0.29, 0.717) is 10.5 Å². The van der Waals surface area contributed by atoms with Crippen LogP contribution in [0, 0.1) is 5.41 Å². The monoisotopic (exact) mass is 315 g/mol. The Bertz CT molecular complexity index is 422. The molecule has 4 nitrogen and oxygen atoms in total. The Hall–Kier alpha value is -0.200. The minimum absolute atomic E-state index is 0.242. The van der Waals surface area contributed by atoms with Crippen LogP contribution in [-0.2, 0) is 6.42 Å². The van der Waals surface area contributed by atoms with Crippen LogP contribution in [0.2, 0.25) is 0 Å². The summed E-state index contributed by atoms with van der Waals surface area (Å²) in [5.74, 6) is 4.04. The second kappa shape index (κ2) is 7.18. The van der Waals surface area contributed by atoms with Crippen molar-refractivity contribution in [1.82, 2.24) is 10.1 Å². The van der Waals surface area contributed by atoms with E-state index in [9.17, 15) is 0 Å². The zero-order valence-electron chi connectivity index (χ0n) is 12.6. The molecule has 2 heterocycles. The van der Waals surface area contributed by atoms with E-state index in [4.69, 9.17) is 10.3 Å². The second-order valence-electron chi connectivity index (χ2n) is 6.12. The summed E-state index contributed by atoms with van der Waals surface area (Å²) in [6.07, 6.45) is 2.91. The molecule has 0 spiro atoms. The molecule has 0 amide bonds. The van der Waals surface area contributed by atoms with Crippen molar-refractivity contribution < 1.29 is 4.52 Å². The highest BCUT2D eigenvalue weighted by Crippen LogP contribution is 2.41. The molecule has 1 aromatic rings. The first-order valence-electron chi connectivity index (χ1n) is 7.27. The van der Waals surface area contributed by atoms with Gasteiger partial charge in [-0.15, -0.1) is 11.8 Å². The molecule has 2 N–H and O–H groups in total. The molecular formula is C14H25N3OS2. The molecule has 0 radical (unpaired) electrons.